The normalized spacial score (nSPS) is 13.8. The van der Waals surface area contributed by atoms with E-state index in [1.807, 2.05) is 0 Å². The molecule has 1 aromatic rings. The average molecular weight is 270 g/mol. The Hall–Kier alpha value is -0.810. The van der Waals surface area contributed by atoms with Crippen LogP contribution in [0.3, 0.4) is 0 Å². The van der Waals surface area contributed by atoms with E-state index in [0.717, 1.165) is 6.07 Å². The van der Waals surface area contributed by atoms with Crippen LogP contribution in [0.5, 0.6) is 0 Å². The molecule has 0 fully saturated rings. The first-order chi connectivity index (χ1) is 7.83. The maximum Gasteiger partial charge on any atom is 0.389 e. The van der Waals surface area contributed by atoms with Gasteiger partial charge in [-0.05, 0) is 31.2 Å². The van der Waals surface area contributed by atoms with Gasteiger partial charge in [0, 0.05) is 17.5 Å². The predicted molar refractivity (Wildman–Crippen MR) is 58.5 cm³/mol. The Morgan fingerprint density at radius 3 is 2.47 bits per heavy atom. The van der Waals surface area contributed by atoms with Crippen LogP contribution in [0.25, 0.3) is 0 Å². The summed E-state index contributed by atoms with van der Waals surface area (Å²) in [5.41, 5.74) is 0.472. The third-order valence-corrected chi connectivity index (χ3v) is 2.73. The predicted octanol–water partition coefficient (Wildman–Crippen LogP) is 4.08. The molecular weight excluding hydrogens is 258 g/mol. The smallest absolute Gasteiger partial charge is 0.313 e. The molecule has 0 aliphatic heterocycles. The minimum absolute atomic E-state index is 0.131. The van der Waals surface area contributed by atoms with Crippen molar-refractivity contribution in [3.63, 3.8) is 0 Å². The van der Waals surface area contributed by atoms with E-state index in [1.165, 1.54) is 12.1 Å². The second-order valence-corrected chi connectivity index (χ2v) is 4.07. The highest BCUT2D eigenvalue weighted by Crippen LogP contribution is 2.30. The second kappa shape index (κ2) is 5.69. The van der Waals surface area contributed by atoms with Crippen LogP contribution < -0.4 is 5.32 Å². The summed E-state index contributed by atoms with van der Waals surface area (Å²) in [7, 11) is 1.54. The Bertz CT molecular complexity index is 378. The molecule has 1 N–H and O–H groups in total. The highest BCUT2D eigenvalue weighted by molar-refractivity contribution is 6.31. The SMILES string of the molecule is CNC(CCC(F)(F)F)c1ccc(F)cc1Cl. The summed E-state index contributed by atoms with van der Waals surface area (Å²) < 4.78 is 49.1. The van der Waals surface area contributed by atoms with Gasteiger partial charge in [0.15, 0.2) is 0 Å². The molecule has 0 radical (unpaired) electrons. The van der Waals surface area contributed by atoms with E-state index in [1.54, 1.807) is 7.05 Å². The Balaban J connectivity index is 2.79. The van der Waals surface area contributed by atoms with Crippen molar-refractivity contribution in [2.24, 2.45) is 0 Å². The van der Waals surface area contributed by atoms with Gasteiger partial charge in [0.1, 0.15) is 5.82 Å². The minimum atomic E-state index is -4.21. The molecule has 96 valence electrons. The highest BCUT2D eigenvalue weighted by Gasteiger charge is 2.28. The van der Waals surface area contributed by atoms with Gasteiger partial charge in [-0.2, -0.15) is 13.2 Å². The number of benzene rings is 1. The Morgan fingerprint density at radius 1 is 1.35 bits per heavy atom. The minimum Gasteiger partial charge on any atom is -0.313 e. The zero-order valence-electron chi connectivity index (χ0n) is 9.11. The van der Waals surface area contributed by atoms with Crippen LogP contribution in [0.4, 0.5) is 17.6 Å². The quantitative estimate of drug-likeness (QED) is 0.812. The number of rotatable bonds is 4. The van der Waals surface area contributed by atoms with Crippen LogP contribution in [-0.4, -0.2) is 13.2 Å². The van der Waals surface area contributed by atoms with Crippen LogP contribution in [0.1, 0.15) is 24.4 Å². The lowest BCUT2D eigenvalue weighted by atomic mass is 10.0. The van der Waals surface area contributed by atoms with E-state index >= 15 is 0 Å². The van der Waals surface area contributed by atoms with Gasteiger partial charge >= 0.3 is 6.18 Å². The molecule has 0 aliphatic rings. The second-order valence-electron chi connectivity index (χ2n) is 3.66. The van der Waals surface area contributed by atoms with Crippen molar-refractivity contribution in [3.8, 4) is 0 Å². The zero-order valence-corrected chi connectivity index (χ0v) is 9.87. The van der Waals surface area contributed by atoms with Gasteiger partial charge in [0.05, 0.1) is 0 Å². The van der Waals surface area contributed by atoms with Crippen molar-refractivity contribution in [2.45, 2.75) is 25.1 Å². The maximum atomic E-state index is 12.8. The fraction of sp³-hybridized carbons (Fsp3) is 0.455. The summed E-state index contributed by atoms with van der Waals surface area (Å²) in [5, 5.41) is 2.88. The first-order valence-corrected chi connectivity index (χ1v) is 5.40. The molecule has 1 rings (SSSR count). The topological polar surface area (TPSA) is 12.0 Å². The third kappa shape index (κ3) is 4.52. The molecule has 17 heavy (non-hydrogen) atoms. The largest absolute Gasteiger partial charge is 0.389 e. The number of alkyl halides is 3. The molecule has 1 aromatic carbocycles. The maximum absolute atomic E-state index is 12.8. The molecule has 1 atom stereocenters. The van der Waals surface area contributed by atoms with E-state index in [9.17, 15) is 17.6 Å². The zero-order chi connectivity index (χ0) is 13.1. The fourth-order valence-corrected chi connectivity index (χ4v) is 1.85. The van der Waals surface area contributed by atoms with E-state index < -0.39 is 24.5 Å². The lowest BCUT2D eigenvalue weighted by Crippen LogP contribution is -2.20. The van der Waals surface area contributed by atoms with E-state index in [-0.39, 0.29) is 11.4 Å². The average Bonchev–Trinajstić information content (AvgIpc) is 2.19. The lowest BCUT2D eigenvalue weighted by molar-refractivity contribution is -0.136. The third-order valence-electron chi connectivity index (χ3n) is 2.40. The van der Waals surface area contributed by atoms with Gasteiger partial charge < -0.3 is 5.32 Å². The van der Waals surface area contributed by atoms with Crippen LogP contribution in [-0.2, 0) is 0 Å². The van der Waals surface area contributed by atoms with Crippen LogP contribution in [0.15, 0.2) is 18.2 Å². The van der Waals surface area contributed by atoms with Gasteiger partial charge in [-0.15, -0.1) is 0 Å². The van der Waals surface area contributed by atoms with Crippen LogP contribution >= 0.6 is 11.6 Å². The van der Waals surface area contributed by atoms with E-state index in [0.29, 0.717) is 5.56 Å². The lowest BCUT2D eigenvalue weighted by Gasteiger charge is -2.18. The fourth-order valence-electron chi connectivity index (χ4n) is 1.55. The van der Waals surface area contributed by atoms with Crippen molar-refractivity contribution >= 4 is 11.6 Å². The number of nitrogens with one attached hydrogen (secondary N) is 1. The van der Waals surface area contributed by atoms with E-state index in [2.05, 4.69) is 5.32 Å². The Morgan fingerprint density at radius 2 is 2.00 bits per heavy atom. The molecule has 0 amide bonds. The monoisotopic (exact) mass is 269 g/mol. The summed E-state index contributed by atoms with van der Waals surface area (Å²) >= 11 is 5.79. The first kappa shape index (κ1) is 14.3. The summed E-state index contributed by atoms with van der Waals surface area (Å²) in [6, 6.07) is 3.13. The van der Waals surface area contributed by atoms with Gasteiger partial charge in [0.25, 0.3) is 0 Å². The van der Waals surface area contributed by atoms with Crippen molar-refractivity contribution in [2.75, 3.05) is 7.05 Å². The Kier molecular flexibility index (Phi) is 4.77. The molecular formula is C11H12ClF4N. The number of hydrogen-bond acceptors (Lipinski definition) is 1. The Labute approximate surface area is 102 Å². The van der Waals surface area contributed by atoms with Crippen LogP contribution in [0, 0.1) is 5.82 Å². The molecule has 0 aromatic heterocycles. The van der Waals surface area contributed by atoms with Crippen LogP contribution in [0.2, 0.25) is 5.02 Å². The molecule has 6 heteroatoms. The van der Waals surface area contributed by atoms with Gasteiger partial charge in [-0.25, -0.2) is 4.39 Å². The highest BCUT2D eigenvalue weighted by atomic mass is 35.5. The van der Waals surface area contributed by atoms with Crippen molar-refractivity contribution in [1.29, 1.82) is 0 Å². The molecule has 0 saturated carbocycles. The number of hydrogen-bond donors (Lipinski definition) is 1. The van der Waals surface area contributed by atoms with Gasteiger partial charge in [-0.1, -0.05) is 17.7 Å². The van der Waals surface area contributed by atoms with E-state index in [4.69, 9.17) is 11.6 Å². The molecule has 0 bridgehead atoms. The molecule has 0 heterocycles. The van der Waals surface area contributed by atoms with Crippen molar-refractivity contribution in [3.05, 3.63) is 34.6 Å². The molecule has 1 nitrogen and oxygen atoms in total. The summed E-state index contributed by atoms with van der Waals surface area (Å²) in [6.45, 7) is 0. The standard InChI is InChI=1S/C11H12ClF4N/c1-17-10(4-5-11(14,15)16)8-3-2-7(13)6-9(8)12/h2-3,6,10,17H,4-5H2,1H3. The molecule has 0 aliphatic carbocycles. The van der Waals surface area contributed by atoms with Gasteiger partial charge in [-0.3, -0.25) is 0 Å². The van der Waals surface area contributed by atoms with Gasteiger partial charge in [0.2, 0.25) is 0 Å². The number of halogens is 5. The molecule has 0 spiro atoms. The van der Waals surface area contributed by atoms with Crippen molar-refractivity contribution < 1.29 is 17.6 Å². The molecule has 0 saturated heterocycles. The van der Waals surface area contributed by atoms with Crippen molar-refractivity contribution in [1.82, 2.24) is 5.32 Å². The summed E-state index contributed by atoms with van der Waals surface area (Å²) in [4.78, 5) is 0. The summed E-state index contributed by atoms with van der Waals surface area (Å²) in [6.07, 6.45) is -5.25. The molecule has 1 unspecified atom stereocenters. The summed E-state index contributed by atoms with van der Waals surface area (Å²) in [5.74, 6) is -0.510. The first-order valence-electron chi connectivity index (χ1n) is 5.02.